The van der Waals surface area contributed by atoms with Crippen molar-refractivity contribution in [3.05, 3.63) is 33.6 Å². The zero-order valence-electron chi connectivity index (χ0n) is 11.9. The van der Waals surface area contributed by atoms with Crippen molar-refractivity contribution >= 4 is 34.4 Å². The molecule has 3 heterocycles. The van der Waals surface area contributed by atoms with E-state index in [1.807, 2.05) is 17.5 Å². The maximum atomic E-state index is 5.68. The Kier molecular flexibility index (Phi) is 4.27. The first-order valence-corrected chi connectivity index (χ1v) is 10.1. The molecule has 0 bridgehead atoms. The molecule has 0 spiro atoms. The fraction of sp³-hybridized carbons (Fsp3) is 0.400. The molecule has 7 heteroatoms. The van der Waals surface area contributed by atoms with E-state index < -0.39 is 0 Å². The van der Waals surface area contributed by atoms with E-state index in [1.165, 1.54) is 30.7 Å². The summed E-state index contributed by atoms with van der Waals surface area (Å²) in [5, 5.41) is 14.3. The van der Waals surface area contributed by atoms with Crippen molar-refractivity contribution in [1.82, 2.24) is 15.2 Å². The average molecular weight is 350 g/mol. The topological polar surface area (TPSA) is 51.8 Å². The molecule has 3 aromatic rings. The lowest BCUT2D eigenvalue weighted by Crippen LogP contribution is -1.91. The van der Waals surface area contributed by atoms with Gasteiger partial charge in [0.1, 0.15) is 0 Å². The van der Waals surface area contributed by atoms with Gasteiger partial charge >= 0.3 is 0 Å². The highest BCUT2D eigenvalue weighted by Gasteiger charge is 2.20. The Bertz CT molecular complexity index is 729. The molecule has 0 atom stereocenters. The summed E-state index contributed by atoms with van der Waals surface area (Å²) < 4.78 is 5.68. The van der Waals surface area contributed by atoms with Crippen molar-refractivity contribution < 1.29 is 4.42 Å². The van der Waals surface area contributed by atoms with Gasteiger partial charge in [-0.25, -0.2) is 4.98 Å². The lowest BCUT2D eigenvalue weighted by Gasteiger charge is -2.02. The largest absolute Gasteiger partial charge is 0.410 e. The Balaban J connectivity index is 1.38. The molecule has 1 saturated carbocycles. The highest BCUT2D eigenvalue weighted by molar-refractivity contribution is 7.98. The van der Waals surface area contributed by atoms with Crippen LogP contribution in [0.15, 0.2) is 32.5 Å². The second-order valence-electron chi connectivity index (χ2n) is 5.30. The molecule has 3 aromatic heterocycles. The van der Waals surface area contributed by atoms with Gasteiger partial charge in [-0.05, 0) is 24.3 Å². The third-order valence-electron chi connectivity index (χ3n) is 3.76. The van der Waals surface area contributed by atoms with Crippen molar-refractivity contribution in [1.29, 1.82) is 0 Å². The first-order valence-electron chi connectivity index (χ1n) is 7.33. The standard InChI is InChI=1S/C15H15N3OS3/c1-2-5-10(4-1)14-16-11(8-21-14)9-22-15-18-17-13(19-15)12-6-3-7-20-12/h3,6-8,10H,1-2,4-5,9H2. The van der Waals surface area contributed by atoms with Crippen LogP contribution in [0, 0.1) is 0 Å². The van der Waals surface area contributed by atoms with Crippen LogP contribution in [0.4, 0.5) is 0 Å². The first-order chi connectivity index (χ1) is 10.9. The SMILES string of the molecule is c1csc(-c2nnc(SCc3csc(C4CCCC4)n3)o2)c1. The van der Waals surface area contributed by atoms with Gasteiger partial charge in [0.15, 0.2) is 0 Å². The number of rotatable bonds is 5. The number of nitrogens with zero attached hydrogens (tertiary/aromatic N) is 3. The van der Waals surface area contributed by atoms with E-state index >= 15 is 0 Å². The van der Waals surface area contributed by atoms with E-state index in [2.05, 4.69) is 15.6 Å². The zero-order valence-corrected chi connectivity index (χ0v) is 14.3. The van der Waals surface area contributed by atoms with Crippen LogP contribution in [-0.2, 0) is 5.75 Å². The monoisotopic (exact) mass is 349 g/mol. The van der Waals surface area contributed by atoms with Crippen molar-refractivity contribution in [2.75, 3.05) is 0 Å². The number of thioether (sulfide) groups is 1. The third kappa shape index (κ3) is 3.11. The van der Waals surface area contributed by atoms with Crippen LogP contribution >= 0.6 is 34.4 Å². The van der Waals surface area contributed by atoms with Crippen LogP contribution < -0.4 is 0 Å². The Hall–Kier alpha value is -1.18. The summed E-state index contributed by atoms with van der Waals surface area (Å²) in [6.07, 6.45) is 5.30. The van der Waals surface area contributed by atoms with Crippen molar-refractivity contribution in [3.63, 3.8) is 0 Å². The number of thiophene rings is 1. The van der Waals surface area contributed by atoms with Crippen LogP contribution in [0.25, 0.3) is 10.8 Å². The Morgan fingerprint density at radius 1 is 1.23 bits per heavy atom. The lowest BCUT2D eigenvalue weighted by atomic mass is 10.1. The van der Waals surface area contributed by atoms with E-state index in [0.29, 0.717) is 17.0 Å². The van der Waals surface area contributed by atoms with E-state index in [9.17, 15) is 0 Å². The molecule has 0 aromatic carbocycles. The van der Waals surface area contributed by atoms with Crippen molar-refractivity contribution in [2.45, 2.75) is 42.6 Å². The Morgan fingerprint density at radius 3 is 2.95 bits per heavy atom. The molecule has 1 fully saturated rings. The van der Waals surface area contributed by atoms with Gasteiger partial charge in [0.2, 0.25) is 0 Å². The number of aromatic nitrogens is 3. The molecule has 0 radical (unpaired) electrons. The minimum absolute atomic E-state index is 0.599. The average Bonchev–Trinajstić information content (AvgIpc) is 3.33. The first kappa shape index (κ1) is 14.4. The minimum Gasteiger partial charge on any atom is -0.410 e. The van der Waals surface area contributed by atoms with Gasteiger partial charge in [-0.3, -0.25) is 0 Å². The smallest absolute Gasteiger partial charge is 0.277 e. The maximum absolute atomic E-state index is 5.68. The summed E-state index contributed by atoms with van der Waals surface area (Å²) in [5.74, 6) is 2.08. The molecule has 4 rings (SSSR count). The zero-order chi connectivity index (χ0) is 14.8. The van der Waals surface area contributed by atoms with Gasteiger partial charge < -0.3 is 4.42 Å². The molecule has 1 aliphatic rings. The number of hydrogen-bond acceptors (Lipinski definition) is 7. The van der Waals surface area contributed by atoms with Crippen LogP contribution in [0.1, 0.15) is 42.3 Å². The highest BCUT2D eigenvalue weighted by Crippen LogP contribution is 2.36. The van der Waals surface area contributed by atoms with Crippen LogP contribution in [0.2, 0.25) is 0 Å². The molecule has 0 amide bonds. The molecular weight excluding hydrogens is 334 g/mol. The summed E-state index contributed by atoms with van der Waals surface area (Å²) in [7, 11) is 0. The van der Waals surface area contributed by atoms with Gasteiger partial charge in [-0.15, -0.1) is 32.9 Å². The molecule has 22 heavy (non-hydrogen) atoms. The predicted octanol–water partition coefficient (Wildman–Crippen LogP) is 5.20. The third-order valence-corrected chi connectivity index (χ3v) is 6.52. The highest BCUT2D eigenvalue weighted by atomic mass is 32.2. The second-order valence-corrected chi connectivity index (χ2v) is 8.06. The quantitative estimate of drug-likeness (QED) is 0.592. The number of hydrogen-bond donors (Lipinski definition) is 0. The van der Waals surface area contributed by atoms with Gasteiger partial charge in [0, 0.05) is 17.1 Å². The Labute approximate surface area is 141 Å². The number of thiazole rings is 1. The van der Waals surface area contributed by atoms with Gasteiger partial charge in [-0.2, -0.15) is 0 Å². The Morgan fingerprint density at radius 2 is 2.14 bits per heavy atom. The second kappa shape index (κ2) is 6.52. The van der Waals surface area contributed by atoms with E-state index in [1.54, 1.807) is 34.4 Å². The normalized spacial score (nSPS) is 15.6. The fourth-order valence-electron chi connectivity index (χ4n) is 2.65. The van der Waals surface area contributed by atoms with Crippen molar-refractivity contribution in [3.8, 4) is 10.8 Å². The summed E-state index contributed by atoms with van der Waals surface area (Å²) in [6.45, 7) is 0. The summed E-state index contributed by atoms with van der Waals surface area (Å²) in [5.41, 5.74) is 1.12. The molecular formula is C15H15N3OS3. The molecule has 0 unspecified atom stereocenters. The lowest BCUT2D eigenvalue weighted by molar-refractivity contribution is 0.466. The molecule has 0 saturated heterocycles. The molecule has 0 aliphatic heterocycles. The van der Waals surface area contributed by atoms with E-state index in [-0.39, 0.29) is 0 Å². The predicted molar refractivity (Wildman–Crippen MR) is 90.5 cm³/mol. The van der Waals surface area contributed by atoms with Crippen molar-refractivity contribution in [2.24, 2.45) is 0 Å². The summed E-state index contributed by atoms with van der Waals surface area (Å²) in [6, 6.07) is 3.97. The van der Waals surface area contributed by atoms with Crippen LogP contribution in [0.3, 0.4) is 0 Å². The van der Waals surface area contributed by atoms with Gasteiger partial charge in [0.05, 0.1) is 15.6 Å². The van der Waals surface area contributed by atoms with Crippen LogP contribution in [-0.4, -0.2) is 15.2 Å². The maximum Gasteiger partial charge on any atom is 0.277 e. The van der Waals surface area contributed by atoms with E-state index in [0.717, 1.165) is 16.3 Å². The van der Waals surface area contributed by atoms with Gasteiger partial charge in [-0.1, -0.05) is 30.7 Å². The fourth-order valence-corrected chi connectivity index (χ4v) is 5.05. The molecule has 114 valence electrons. The molecule has 4 nitrogen and oxygen atoms in total. The summed E-state index contributed by atoms with van der Waals surface area (Å²) >= 11 is 4.96. The molecule has 1 aliphatic carbocycles. The minimum atomic E-state index is 0.599. The van der Waals surface area contributed by atoms with Gasteiger partial charge in [0.25, 0.3) is 11.1 Å². The summed E-state index contributed by atoms with van der Waals surface area (Å²) in [4.78, 5) is 5.78. The molecule has 0 N–H and O–H groups in total. The van der Waals surface area contributed by atoms with E-state index in [4.69, 9.17) is 9.40 Å². The van der Waals surface area contributed by atoms with Crippen LogP contribution in [0.5, 0.6) is 0 Å².